The molecular weight excluding hydrogens is 332 g/mol. The third-order valence-electron chi connectivity index (χ3n) is 4.60. The molecule has 2 rings (SSSR count). The van der Waals surface area contributed by atoms with Gasteiger partial charge < -0.3 is 15.1 Å². The first kappa shape index (κ1) is 19.0. The van der Waals surface area contributed by atoms with Crippen LogP contribution in [-0.4, -0.2) is 87.0 Å². The number of rotatable bonds is 3. The van der Waals surface area contributed by atoms with Gasteiger partial charge in [-0.15, -0.1) is 0 Å². The van der Waals surface area contributed by atoms with Crippen LogP contribution in [0.3, 0.4) is 0 Å². The first-order chi connectivity index (χ1) is 11.0. The van der Waals surface area contributed by atoms with E-state index in [-0.39, 0.29) is 31.4 Å². The van der Waals surface area contributed by atoms with E-state index in [1.54, 1.807) is 16.8 Å². The van der Waals surface area contributed by atoms with Gasteiger partial charge >= 0.3 is 6.03 Å². The normalized spacial score (nSPS) is 26.3. The van der Waals surface area contributed by atoms with Crippen LogP contribution in [0.1, 0.15) is 20.3 Å². The van der Waals surface area contributed by atoms with Crippen molar-refractivity contribution >= 4 is 22.0 Å². The number of carbonyl (C=O) groups is 2. The minimum Gasteiger partial charge on any atom is -0.345 e. The lowest BCUT2D eigenvalue weighted by molar-refractivity contribution is -0.126. The van der Waals surface area contributed by atoms with Crippen molar-refractivity contribution in [1.29, 1.82) is 0 Å². The maximum Gasteiger partial charge on any atom is 0.317 e. The predicted octanol–water partition coefficient (Wildman–Crippen LogP) is -0.222. The van der Waals surface area contributed by atoms with E-state index in [0.717, 1.165) is 0 Å². The summed E-state index contributed by atoms with van der Waals surface area (Å²) in [6.07, 6.45) is 1.44. The number of likely N-dealkylation sites (tertiary alicyclic amines) is 1. The van der Waals surface area contributed by atoms with Crippen LogP contribution in [0.5, 0.6) is 0 Å². The Balaban J connectivity index is 2.21. The van der Waals surface area contributed by atoms with Crippen molar-refractivity contribution in [3.05, 3.63) is 0 Å². The molecule has 2 fully saturated rings. The molecule has 0 radical (unpaired) electrons. The number of amides is 3. The molecule has 0 aromatic carbocycles. The lowest BCUT2D eigenvalue weighted by atomic mass is 9.86. The van der Waals surface area contributed by atoms with Crippen LogP contribution in [-0.2, 0) is 14.8 Å². The van der Waals surface area contributed by atoms with E-state index in [4.69, 9.17) is 0 Å². The highest BCUT2D eigenvalue weighted by Crippen LogP contribution is 2.35. The van der Waals surface area contributed by atoms with E-state index >= 15 is 0 Å². The van der Waals surface area contributed by atoms with Crippen molar-refractivity contribution in [3.63, 3.8) is 0 Å². The topological polar surface area (TPSA) is 90.0 Å². The van der Waals surface area contributed by atoms with Crippen molar-refractivity contribution in [2.24, 2.45) is 11.3 Å². The molecule has 2 heterocycles. The van der Waals surface area contributed by atoms with Crippen LogP contribution >= 0.6 is 0 Å². The van der Waals surface area contributed by atoms with Gasteiger partial charge in [0.25, 0.3) is 0 Å². The summed E-state index contributed by atoms with van der Waals surface area (Å²) in [5, 5.41) is 2.88. The number of hydrogen-bond acceptors (Lipinski definition) is 4. The van der Waals surface area contributed by atoms with Crippen LogP contribution in [0.2, 0.25) is 0 Å². The average Bonchev–Trinajstić information content (AvgIpc) is 2.62. The first-order valence-corrected chi connectivity index (χ1v) is 10.1. The molecule has 138 valence electrons. The lowest BCUT2D eigenvalue weighted by Crippen LogP contribution is -2.48. The zero-order chi connectivity index (χ0) is 18.1. The van der Waals surface area contributed by atoms with E-state index in [9.17, 15) is 18.0 Å². The van der Waals surface area contributed by atoms with Crippen LogP contribution in [0.4, 0.5) is 4.79 Å². The number of nitrogens with zero attached hydrogens (tertiary/aromatic N) is 3. The molecule has 0 saturated carbocycles. The molecular formula is C15H28N4O4S. The molecule has 2 saturated heterocycles. The summed E-state index contributed by atoms with van der Waals surface area (Å²) < 4.78 is 25.5. The Kier molecular flexibility index (Phi) is 5.44. The van der Waals surface area contributed by atoms with Crippen molar-refractivity contribution in [1.82, 2.24) is 19.4 Å². The highest BCUT2D eigenvalue weighted by Gasteiger charge is 2.47. The molecule has 24 heavy (non-hydrogen) atoms. The Morgan fingerprint density at radius 3 is 2.42 bits per heavy atom. The molecule has 0 aromatic heterocycles. The molecule has 3 amide bonds. The van der Waals surface area contributed by atoms with Crippen molar-refractivity contribution < 1.29 is 18.0 Å². The molecule has 1 spiro atoms. The number of hydrogen-bond donors (Lipinski definition) is 1. The quantitative estimate of drug-likeness (QED) is 0.753. The van der Waals surface area contributed by atoms with Gasteiger partial charge in [0, 0.05) is 58.2 Å². The Labute approximate surface area is 144 Å². The minimum atomic E-state index is -3.38. The van der Waals surface area contributed by atoms with E-state index in [0.29, 0.717) is 32.1 Å². The van der Waals surface area contributed by atoms with E-state index in [1.807, 2.05) is 13.8 Å². The first-order valence-electron chi connectivity index (χ1n) is 8.24. The van der Waals surface area contributed by atoms with Crippen LogP contribution in [0.15, 0.2) is 0 Å². The van der Waals surface area contributed by atoms with E-state index in [1.165, 1.54) is 10.6 Å². The highest BCUT2D eigenvalue weighted by atomic mass is 32.2. The van der Waals surface area contributed by atoms with Gasteiger partial charge in [0.2, 0.25) is 15.9 Å². The molecule has 0 bridgehead atoms. The van der Waals surface area contributed by atoms with Gasteiger partial charge in [0.15, 0.2) is 0 Å². The fourth-order valence-electron chi connectivity index (χ4n) is 3.39. The molecule has 8 nitrogen and oxygen atoms in total. The molecule has 9 heteroatoms. The molecule has 1 N–H and O–H groups in total. The number of carbonyl (C=O) groups excluding carboxylic acids is 2. The number of nitrogens with one attached hydrogen (secondary N) is 1. The third kappa shape index (κ3) is 4.38. The third-order valence-corrected chi connectivity index (χ3v) is 5.85. The van der Waals surface area contributed by atoms with Gasteiger partial charge in [0.1, 0.15) is 0 Å². The van der Waals surface area contributed by atoms with E-state index in [2.05, 4.69) is 5.32 Å². The molecule has 0 aromatic rings. The molecule has 1 atom stereocenters. The van der Waals surface area contributed by atoms with Gasteiger partial charge in [-0.2, -0.15) is 4.31 Å². The summed E-state index contributed by atoms with van der Waals surface area (Å²) in [6, 6.07) is -0.194. The summed E-state index contributed by atoms with van der Waals surface area (Å²) in [6.45, 7) is 6.31. The van der Waals surface area contributed by atoms with Crippen LogP contribution < -0.4 is 5.32 Å². The fraction of sp³-hybridized carbons (Fsp3) is 0.867. The van der Waals surface area contributed by atoms with Gasteiger partial charge in [0.05, 0.1) is 6.26 Å². The Hall–Kier alpha value is -1.35. The second kappa shape index (κ2) is 6.87. The Morgan fingerprint density at radius 2 is 1.92 bits per heavy atom. The fourth-order valence-corrected chi connectivity index (χ4v) is 4.32. The maximum atomic E-state index is 12.5. The smallest absolute Gasteiger partial charge is 0.317 e. The van der Waals surface area contributed by atoms with Crippen molar-refractivity contribution in [3.8, 4) is 0 Å². The highest BCUT2D eigenvalue weighted by molar-refractivity contribution is 7.88. The largest absolute Gasteiger partial charge is 0.345 e. The van der Waals surface area contributed by atoms with Crippen molar-refractivity contribution in [2.45, 2.75) is 20.3 Å². The predicted molar refractivity (Wildman–Crippen MR) is 90.9 cm³/mol. The summed E-state index contributed by atoms with van der Waals surface area (Å²) in [4.78, 5) is 27.8. The van der Waals surface area contributed by atoms with E-state index < -0.39 is 15.4 Å². The molecule has 0 aliphatic carbocycles. The average molecular weight is 360 g/mol. The zero-order valence-electron chi connectivity index (χ0n) is 14.9. The van der Waals surface area contributed by atoms with Gasteiger partial charge in [-0.25, -0.2) is 13.2 Å². The van der Waals surface area contributed by atoms with Crippen LogP contribution in [0.25, 0.3) is 0 Å². The number of urea groups is 1. The monoisotopic (exact) mass is 360 g/mol. The standard InChI is InChI=1S/C15H28N4O4S/c1-12(2)8-16-14(21)18-5-6-19(24(4,22)23)11-15(10-18)7-13(20)17(3)9-15/h12H,5-11H2,1-4H3,(H,16,21)/t15-/m1/s1. The van der Waals surface area contributed by atoms with Crippen LogP contribution in [0, 0.1) is 11.3 Å². The Bertz CT molecular complexity index is 607. The summed E-state index contributed by atoms with van der Waals surface area (Å²) in [5.74, 6) is 0.328. The maximum absolute atomic E-state index is 12.5. The molecule has 2 aliphatic heterocycles. The van der Waals surface area contributed by atoms with Gasteiger partial charge in [-0.3, -0.25) is 4.79 Å². The minimum absolute atomic E-state index is 0.00658. The lowest BCUT2D eigenvalue weighted by Gasteiger charge is -2.32. The number of sulfonamides is 1. The van der Waals surface area contributed by atoms with Gasteiger partial charge in [-0.05, 0) is 5.92 Å². The molecule has 2 aliphatic rings. The van der Waals surface area contributed by atoms with Crippen molar-refractivity contribution in [2.75, 3.05) is 52.6 Å². The summed E-state index contributed by atoms with van der Waals surface area (Å²) >= 11 is 0. The second-order valence-corrected chi connectivity index (χ2v) is 9.51. The van der Waals surface area contributed by atoms with Gasteiger partial charge in [-0.1, -0.05) is 13.8 Å². The summed E-state index contributed by atoms with van der Waals surface area (Å²) in [7, 11) is -1.66. The Morgan fingerprint density at radius 1 is 1.25 bits per heavy atom. The second-order valence-electron chi connectivity index (χ2n) is 7.52. The zero-order valence-corrected chi connectivity index (χ0v) is 15.7. The molecule has 0 unspecified atom stereocenters. The summed E-state index contributed by atoms with van der Waals surface area (Å²) in [5.41, 5.74) is -0.541. The SMILES string of the molecule is CC(C)CNC(=O)N1CCN(S(C)(=O)=O)C[C@@]2(CC(=O)N(C)C2)C1.